The predicted molar refractivity (Wildman–Crippen MR) is 81.8 cm³/mol. The summed E-state index contributed by atoms with van der Waals surface area (Å²) >= 11 is 0. The lowest BCUT2D eigenvalue weighted by Crippen LogP contribution is -2.51. The molecule has 1 heterocycles. The van der Waals surface area contributed by atoms with Gasteiger partial charge in [0.05, 0.1) is 6.61 Å². The van der Waals surface area contributed by atoms with Crippen molar-refractivity contribution >= 4 is 12.0 Å². The predicted octanol–water partition coefficient (Wildman–Crippen LogP) is 1.49. The van der Waals surface area contributed by atoms with Gasteiger partial charge in [0, 0.05) is 31.6 Å². The Labute approximate surface area is 127 Å². The Morgan fingerprint density at radius 1 is 1.43 bits per heavy atom. The molecule has 6 nitrogen and oxygen atoms in total. The van der Waals surface area contributed by atoms with E-state index in [2.05, 4.69) is 5.32 Å². The molecule has 1 saturated heterocycles. The number of ether oxygens (including phenoxy) is 1. The zero-order valence-electron chi connectivity index (χ0n) is 13.6. The third kappa shape index (κ3) is 5.91. The van der Waals surface area contributed by atoms with E-state index < -0.39 is 6.09 Å². The summed E-state index contributed by atoms with van der Waals surface area (Å²) in [5, 5.41) is 2.80. The molecule has 2 unspecified atom stereocenters. The molecule has 0 radical (unpaired) electrons. The number of alkyl carbamates (subject to hydrolysis) is 1. The second kappa shape index (κ2) is 7.64. The highest BCUT2D eigenvalue weighted by atomic mass is 16.5. The molecule has 0 aromatic carbocycles. The molecule has 0 spiro atoms. The number of carbonyl (C=O) groups is 2. The number of nitrogens with zero attached hydrogens (tertiary/aromatic N) is 1. The Morgan fingerprint density at radius 3 is 2.67 bits per heavy atom. The lowest BCUT2D eigenvalue weighted by molar-refractivity contribution is -0.133. The van der Waals surface area contributed by atoms with Crippen molar-refractivity contribution in [3.8, 4) is 0 Å². The number of likely N-dealkylation sites (tertiary alicyclic amines) is 1. The number of rotatable bonds is 4. The maximum atomic E-state index is 12.3. The molecule has 0 aromatic heterocycles. The Kier molecular flexibility index (Phi) is 6.45. The summed E-state index contributed by atoms with van der Waals surface area (Å²) in [6, 6.07) is -0.198. The van der Waals surface area contributed by atoms with Crippen molar-refractivity contribution in [2.75, 3.05) is 19.7 Å². The van der Waals surface area contributed by atoms with Gasteiger partial charge in [0.1, 0.15) is 0 Å². The fraction of sp³-hybridized carbons (Fsp3) is 0.867. The van der Waals surface area contributed by atoms with Gasteiger partial charge in [-0.25, -0.2) is 4.79 Å². The Hall–Kier alpha value is -1.30. The molecule has 3 N–H and O–H groups in total. The molecule has 1 fully saturated rings. The second-order valence-corrected chi connectivity index (χ2v) is 6.72. The SMILES string of the molecule is CCOC(=O)NC1CCCN(C(=O)CC(N)C(C)(C)C)C1. The van der Waals surface area contributed by atoms with E-state index in [9.17, 15) is 9.59 Å². The van der Waals surface area contributed by atoms with Crippen LogP contribution in [0.3, 0.4) is 0 Å². The van der Waals surface area contributed by atoms with Gasteiger partial charge < -0.3 is 20.7 Å². The Morgan fingerprint density at radius 2 is 2.10 bits per heavy atom. The van der Waals surface area contributed by atoms with E-state index in [0.717, 1.165) is 19.4 Å². The van der Waals surface area contributed by atoms with Crippen molar-refractivity contribution < 1.29 is 14.3 Å². The van der Waals surface area contributed by atoms with Crippen molar-refractivity contribution in [1.82, 2.24) is 10.2 Å². The van der Waals surface area contributed by atoms with Gasteiger partial charge in [-0.05, 0) is 25.2 Å². The molecule has 2 amide bonds. The number of nitrogens with one attached hydrogen (secondary N) is 1. The van der Waals surface area contributed by atoms with E-state index in [1.807, 2.05) is 20.8 Å². The minimum Gasteiger partial charge on any atom is -0.450 e. The molecule has 0 aromatic rings. The van der Waals surface area contributed by atoms with Crippen molar-refractivity contribution in [2.45, 2.75) is 59.0 Å². The number of carbonyl (C=O) groups excluding carboxylic acids is 2. The Balaban J connectivity index is 2.48. The maximum absolute atomic E-state index is 12.3. The van der Waals surface area contributed by atoms with Gasteiger partial charge in [0.2, 0.25) is 5.91 Å². The minimum absolute atomic E-state index is 0.0346. The summed E-state index contributed by atoms with van der Waals surface area (Å²) in [5.41, 5.74) is 5.99. The first kappa shape index (κ1) is 17.8. The first-order valence-corrected chi connectivity index (χ1v) is 7.70. The van der Waals surface area contributed by atoms with Crippen LogP contribution in [0.15, 0.2) is 0 Å². The molecule has 2 atom stereocenters. The third-order valence-electron chi connectivity index (χ3n) is 3.88. The average molecular weight is 299 g/mol. The van der Waals surface area contributed by atoms with Crippen molar-refractivity contribution in [3.05, 3.63) is 0 Å². The van der Waals surface area contributed by atoms with Gasteiger partial charge in [-0.1, -0.05) is 20.8 Å². The van der Waals surface area contributed by atoms with Crippen LogP contribution in [0, 0.1) is 5.41 Å². The first-order valence-electron chi connectivity index (χ1n) is 7.70. The lowest BCUT2D eigenvalue weighted by Gasteiger charge is -2.35. The van der Waals surface area contributed by atoms with Gasteiger partial charge in [-0.3, -0.25) is 4.79 Å². The fourth-order valence-electron chi connectivity index (χ4n) is 2.28. The number of piperidine rings is 1. The van der Waals surface area contributed by atoms with Gasteiger partial charge in [-0.15, -0.1) is 0 Å². The molecule has 0 saturated carbocycles. The van der Waals surface area contributed by atoms with Crippen molar-refractivity contribution in [1.29, 1.82) is 0 Å². The van der Waals surface area contributed by atoms with E-state index in [1.165, 1.54) is 0 Å². The normalized spacial score (nSPS) is 20.8. The van der Waals surface area contributed by atoms with Gasteiger partial charge in [-0.2, -0.15) is 0 Å². The standard InChI is InChI=1S/C15H29N3O3/c1-5-21-14(20)17-11-7-6-8-18(10-11)13(19)9-12(16)15(2,3)4/h11-12H,5-10,16H2,1-4H3,(H,17,20). The quantitative estimate of drug-likeness (QED) is 0.823. The zero-order valence-corrected chi connectivity index (χ0v) is 13.6. The number of amides is 2. The largest absolute Gasteiger partial charge is 0.450 e. The molecule has 122 valence electrons. The van der Waals surface area contributed by atoms with Gasteiger partial charge >= 0.3 is 6.09 Å². The smallest absolute Gasteiger partial charge is 0.407 e. The zero-order chi connectivity index (χ0) is 16.0. The summed E-state index contributed by atoms with van der Waals surface area (Å²) < 4.78 is 4.88. The minimum atomic E-state index is -0.414. The van der Waals surface area contributed by atoms with Gasteiger partial charge in [0.25, 0.3) is 0 Å². The van der Waals surface area contributed by atoms with Crippen LogP contribution in [0.5, 0.6) is 0 Å². The van der Waals surface area contributed by atoms with Crippen LogP contribution in [0.25, 0.3) is 0 Å². The number of hydrogen-bond donors (Lipinski definition) is 2. The second-order valence-electron chi connectivity index (χ2n) is 6.72. The summed E-state index contributed by atoms with van der Waals surface area (Å²) in [7, 11) is 0. The van der Waals surface area contributed by atoms with Crippen molar-refractivity contribution in [2.24, 2.45) is 11.1 Å². The molecule has 0 aliphatic carbocycles. The highest BCUT2D eigenvalue weighted by molar-refractivity contribution is 5.77. The van der Waals surface area contributed by atoms with Crippen molar-refractivity contribution in [3.63, 3.8) is 0 Å². The highest BCUT2D eigenvalue weighted by Crippen LogP contribution is 2.21. The highest BCUT2D eigenvalue weighted by Gasteiger charge is 2.29. The van der Waals surface area contributed by atoms with E-state index >= 15 is 0 Å². The van der Waals surface area contributed by atoms with Crippen LogP contribution in [0.4, 0.5) is 4.79 Å². The summed E-state index contributed by atoms with van der Waals surface area (Å²) in [4.78, 5) is 25.6. The fourth-order valence-corrected chi connectivity index (χ4v) is 2.28. The molecular weight excluding hydrogens is 270 g/mol. The molecule has 1 aliphatic heterocycles. The number of hydrogen-bond acceptors (Lipinski definition) is 4. The van der Waals surface area contributed by atoms with Crippen LogP contribution in [-0.4, -0.2) is 48.7 Å². The average Bonchev–Trinajstić information content (AvgIpc) is 2.38. The summed E-state index contributed by atoms with van der Waals surface area (Å²) in [5.74, 6) is 0.0628. The van der Waals surface area contributed by atoms with E-state index in [-0.39, 0.29) is 23.4 Å². The summed E-state index contributed by atoms with van der Waals surface area (Å²) in [6.45, 7) is 9.49. The van der Waals surface area contributed by atoms with E-state index in [0.29, 0.717) is 19.6 Å². The van der Waals surface area contributed by atoms with E-state index in [4.69, 9.17) is 10.5 Å². The number of nitrogens with two attached hydrogens (primary N) is 1. The molecule has 21 heavy (non-hydrogen) atoms. The maximum Gasteiger partial charge on any atom is 0.407 e. The lowest BCUT2D eigenvalue weighted by atomic mass is 9.85. The van der Waals surface area contributed by atoms with Crippen LogP contribution in [-0.2, 0) is 9.53 Å². The molecule has 1 aliphatic rings. The van der Waals surface area contributed by atoms with Crippen LogP contribution in [0.2, 0.25) is 0 Å². The monoisotopic (exact) mass is 299 g/mol. The van der Waals surface area contributed by atoms with E-state index in [1.54, 1.807) is 11.8 Å². The third-order valence-corrected chi connectivity index (χ3v) is 3.88. The first-order chi connectivity index (χ1) is 9.74. The topological polar surface area (TPSA) is 84.7 Å². The van der Waals surface area contributed by atoms with Gasteiger partial charge in [0.15, 0.2) is 0 Å². The summed E-state index contributed by atoms with van der Waals surface area (Å²) in [6.07, 6.45) is 1.68. The molecular formula is C15H29N3O3. The molecule has 1 rings (SSSR count). The van der Waals surface area contributed by atoms with Crippen LogP contribution < -0.4 is 11.1 Å². The molecule has 0 bridgehead atoms. The Bertz CT molecular complexity index is 366. The molecule has 6 heteroatoms. The van der Waals surface area contributed by atoms with Crippen LogP contribution in [0.1, 0.15) is 47.0 Å². The van der Waals surface area contributed by atoms with Crippen LogP contribution >= 0.6 is 0 Å².